The van der Waals surface area contributed by atoms with Gasteiger partial charge in [-0.05, 0) is 29.8 Å². The van der Waals surface area contributed by atoms with Crippen LogP contribution in [0.3, 0.4) is 0 Å². The minimum absolute atomic E-state index is 0.120. The Kier molecular flexibility index (Phi) is 5.70. The number of benzene rings is 1. The summed E-state index contributed by atoms with van der Waals surface area (Å²) in [5.74, 6) is 0.503. The molecule has 1 N–H and O–H groups in total. The van der Waals surface area contributed by atoms with E-state index in [-0.39, 0.29) is 5.56 Å². The molecule has 4 aromatic rings. The fourth-order valence-corrected chi connectivity index (χ4v) is 4.35. The van der Waals surface area contributed by atoms with Crippen molar-refractivity contribution in [2.24, 2.45) is 0 Å². The number of hydrogen-bond acceptors (Lipinski definition) is 6. The number of nitrogens with one attached hydrogen (secondary N) is 1. The van der Waals surface area contributed by atoms with Crippen molar-refractivity contribution < 1.29 is 0 Å². The van der Waals surface area contributed by atoms with E-state index in [2.05, 4.69) is 29.8 Å². The van der Waals surface area contributed by atoms with Crippen LogP contribution >= 0.6 is 23.2 Å². The van der Waals surface area contributed by atoms with Gasteiger partial charge in [0.25, 0.3) is 5.56 Å². The van der Waals surface area contributed by atoms with E-state index in [1.807, 2.05) is 30.5 Å². The van der Waals surface area contributed by atoms with Crippen molar-refractivity contribution in [2.75, 3.05) is 6.54 Å². The van der Waals surface area contributed by atoms with Gasteiger partial charge in [-0.15, -0.1) is 0 Å². The van der Waals surface area contributed by atoms with Crippen molar-refractivity contribution in [3.8, 4) is 22.6 Å². The fourth-order valence-electron chi connectivity index (χ4n) is 3.82. The third-order valence-corrected chi connectivity index (χ3v) is 5.81. The lowest BCUT2D eigenvalue weighted by molar-refractivity contribution is 0.241. The summed E-state index contributed by atoms with van der Waals surface area (Å²) in [5, 5.41) is 1.15. The third-order valence-electron chi connectivity index (χ3n) is 5.37. The molecule has 9 heteroatoms. The Labute approximate surface area is 194 Å². The van der Waals surface area contributed by atoms with E-state index in [1.54, 1.807) is 18.5 Å². The van der Waals surface area contributed by atoms with Crippen LogP contribution in [0.4, 0.5) is 0 Å². The van der Waals surface area contributed by atoms with E-state index < -0.39 is 0 Å². The van der Waals surface area contributed by atoms with Gasteiger partial charge in [-0.1, -0.05) is 29.3 Å². The van der Waals surface area contributed by atoms with Crippen molar-refractivity contribution in [1.29, 1.82) is 0 Å². The van der Waals surface area contributed by atoms with Crippen LogP contribution in [0, 0.1) is 0 Å². The smallest absolute Gasteiger partial charge is 0.255 e. The van der Waals surface area contributed by atoms with Gasteiger partial charge in [0.1, 0.15) is 12.2 Å². The predicted octanol–water partition coefficient (Wildman–Crippen LogP) is 4.15. The summed E-state index contributed by atoms with van der Waals surface area (Å²) in [6, 6.07) is 9.37. The number of fused-ring (bicyclic) bond motifs is 1. The van der Waals surface area contributed by atoms with Gasteiger partial charge in [0, 0.05) is 60.3 Å². The Morgan fingerprint density at radius 1 is 1.00 bits per heavy atom. The zero-order valence-corrected chi connectivity index (χ0v) is 18.4. The molecule has 0 bridgehead atoms. The summed E-state index contributed by atoms with van der Waals surface area (Å²) in [4.78, 5) is 35.0. The normalized spacial score (nSPS) is 13.7. The highest BCUT2D eigenvalue weighted by Gasteiger charge is 2.22. The molecular formula is C23H18Cl2N6O. The molecule has 0 fully saturated rings. The molecule has 160 valence electrons. The Bertz CT molecular complexity index is 1300. The number of nitrogens with zero attached hydrogens (tertiary/aromatic N) is 5. The molecule has 3 aromatic heterocycles. The van der Waals surface area contributed by atoms with Gasteiger partial charge in [0.05, 0.1) is 22.5 Å². The number of aromatic nitrogens is 5. The number of halogens is 2. The average molecular weight is 465 g/mol. The third kappa shape index (κ3) is 4.41. The van der Waals surface area contributed by atoms with Crippen LogP contribution in [0.5, 0.6) is 0 Å². The highest BCUT2D eigenvalue weighted by atomic mass is 35.5. The fraction of sp³-hybridized carbons (Fsp3) is 0.174. The molecule has 0 unspecified atom stereocenters. The van der Waals surface area contributed by atoms with Crippen LogP contribution in [-0.2, 0) is 19.5 Å². The first kappa shape index (κ1) is 20.8. The van der Waals surface area contributed by atoms with Crippen molar-refractivity contribution in [2.45, 2.75) is 19.5 Å². The number of rotatable bonds is 4. The van der Waals surface area contributed by atoms with Gasteiger partial charge in [-0.3, -0.25) is 14.7 Å². The largest absolute Gasteiger partial charge is 0.306 e. The lowest BCUT2D eigenvalue weighted by atomic mass is 10.1. The van der Waals surface area contributed by atoms with Crippen molar-refractivity contribution in [1.82, 2.24) is 29.8 Å². The minimum Gasteiger partial charge on any atom is -0.306 e. The van der Waals surface area contributed by atoms with Crippen molar-refractivity contribution in [3.05, 3.63) is 92.5 Å². The maximum atomic E-state index is 12.7. The maximum Gasteiger partial charge on any atom is 0.255 e. The first-order chi connectivity index (χ1) is 15.5. The van der Waals surface area contributed by atoms with E-state index in [0.717, 1.165) is 29.1 Å². The first-order valence-electron chi connectivity index (χ1n) is 10.1. The number of H-pyrrole nitrogens is 1. The first-order valence-corrected chi connectivity index (χ1v) is 10.8. The Morgan fingerprint density at radius 3 is 2.50 bits per heavy atom. The number of aromatic amines is 1. The second-order valence-electron chi connectivity index (χ2n) is 7.64. The standard InChI is InChI=1S/C23H18Cl2N6O/c24-17-5-15(6-18(25)7-17)20-2-1-14(8-28-20)11-31-4-3-21-19(12-31)23(32)30-22(29-21)16-9-26-13-27-10-16/h1-2,5-10,13H,3-4,11-12H2,(H,29,30,32). The summed E-state index contributed by atoms with van der Waals surface area (Å²) in [5.41, 5.74) is 4.85. The second-order valence-corrected chi connectivity index (χ2v) is 8.51. The lowest BCUT2D eigenvalue weighted by Gasteiger charge is -2.27. The van der Waals surface area contributed by atoms with E-state index >= 15 is 0 Å². The van der Waals surface area contributed by atoms with Gasteiger partial charge in [-0.2, -0.15) is 0 Å². The molecule has 4 heterocycles. The molecule has 32 heavy (non-hydrogen) atoms. The average Bonchev–Trinajstić information content (AvgIpc) is 2.80. The van der Waals surface area contributed by atoms with Gasteiger partial charge in [0.15, 0.2) is 0 Å². The lowest BCUT2D eigenvalue weighted by Crippen LogP contribution is -2.35. The van der Waals surface area contributed by atoms with Gasteiger partial charge >= 0.3 is 0 Å². The van der Waals surface area contributed by atoms with E-state index in [1.165, 1.54) is 6.33 Å². The molecule has 5 rings (SSSR count). The molecule has 1 aliphatic rings. The topological polar surface area (TPSA) is 87.7 Å². The zero-order chi connectivity index (χ0) is 22.1. The van der Waals surface area contributed by atoms with E-state index in [0.29, 0.717) is 46.5 Å². The summed E-state index contributed by atoms with van der Waals surface area (Å²) in [6.07, 6.45) is 7.28. The van der Waals surface area contributed by atoms with Crippen LogP contribution in [0.1, 0.15) is 16.8 Å². The summed E-state index contributed by atoms with van der Waals surface area (Å²) in [7, 11) is 0. The molecule has 1 aromatic carbocycles. The molecule has 1 aliphatic heterocycles. The molecule has 7 nitrogen and oxygen atoms in total. The van der Waals surface area contributed by atoms with Crippen LogP contribution in [-0.4, -0.2) is 36.4 Å². The summed E-state index contributed by atoms with van der Waals surface area (Å²) < 4.78 is 0. The van der Waals surface area contributed by atoms with Crippen molar-refractivity contribution >= 4 is 23.2 Å². The quantitative estimate of drug-likeness (QED) is 0.487. The molecule has 0 amide bonds. The molecule has 0 aliphatic carbocycles. The van der Waals surface area contributed by atoms with Gasteiger partial charge in [-0.25, -0.2) is 15.0 Å². The van der Waals surface area contributed by atoms with Gasteiger partial charge in [0.2, 0.25) is 0 Å². The number of pyridine rings is 1. The van der Waals surface area contributed by atoms with Crippen LogP contribution < -0.4 is 5.56 Å². The Morgan fingerprint density at radius 2 is 1.78 bits per heavy atom. The maximum absolute atomic E-state index is 12.7. The monoisotopic (exact) mass is 464 g/mol. The Balaban J connectivity index is 1.32. The van der Waals surface area contributed by atoms with E-state index in [4.69, 9.17) is 23.2 Å². The second kappa shape index (κ2) is 8.78. The zero-order valence-electron chi connectivity index (χ0n) is 16.9. The Hall–Kier alpha value is -3.13. The highest BCUT2D eigenvalue weighted by Crippen LogP contribution is 2.26. The minimum atomic E-state index is -0.120. The van der Waals surface area contributed by atoms with Crippen molar-refractivity contribution in [3.63, 3.8) is 0 Å². The molecule has 0 saturated heterocycles. The van der Waals surface area contributed by atoms with Crippen LogP contribution in [0.15, 0.2) is 60.0 Å². The SMILES string of the molecule is O=c1[nH]c(-c2cncnc2)nc2c1CN(Cc1ccc(-c3cc(Cl)cc(Cl)c3)nc1)CC2. The summed E-state index contributed by atoms with van der Waals surface area (Å²) >= 11 is 12.2. The molecule has 0 saturated carbocycles. The molecule has 0 atom stereocenters. The van der Waals surface area contributed by atoms with Gasteiger partial charge < -0.3 is 4.98 Å². The van der Waals surface area contributed by atoms with Crippen LogP contribution in [0.25, 0.3) is 22.6 Å². The number of hydrogen-bond donors (Lipinski definition) is 1. The molecule has 0 radical (unpaired) electrons. The molecular weight excluding hydrogens is 447 g/mol. The summed E-state index contributed by atoms with van der Waals surface area (Å²) in [6.45, 7) is 2.03. The van der Waals surface area contributed by atoms with Crippen LogP contribution in [0.2, 0.25) is 10.0 Å². The predicted molar refractivity (Wildman–Crippen MR) is 123 cm³/mol. The van der Waals surface area contributed by atoms with E-state index in [9.17, 15) is 4.79 Å². The molecule has 0 spiro atoms. The highest BCUT2D eigenvalue weighted by molar-refractivity contribution is 6.35.